The van der Waals surface area contributed by atoms with E-state index in [-0.39, 0.29) is 24.7 Å². The van der Waals surface area contributed by atoms with Crippen LogP contribution in [-0.4, -0.2) is 31.7 Å². The van der Waals surface area contributed by atoms with E-state index in [1.165, 1.54) is 24.1 Å². The van der Waals surface area contributed by atoms with Crippen molar-refractivity contribution in [3.05, 3.63) is 29.6 Å². The molecule has 0 saturated heterocycles. The number of nitrogens with zero attached hydrogens (tertiary/aromatic N) is 1. The molecule has 0 aliphatic rings. The minimum absolute atomic E-state index is 0.0461. The van der Waals surface area contributed by atoms with Crippen LogP contribution in [0, 0.1) is 5.82 Å². The summed E-state index contributed by atoms with van der Waals surface area (Å²) in [4.78, 5) is 12.6. The van der Waals surface area contributed by atoms with Gasteiger partial charge in [0, 0.05) is 19.7 Å². The van der Waals surface area contributed by atoms with Gasteiger partial charge < -0.3 is 15.3 Å². The van der Waals surface area contributed by atoms with Gasteiger partial charge in [0.2, 0.25) is 5.91 Å². The zero-order chi connectivity index (χ0) is 12.1. The summed E-state index contributed by atoms with van der Waals surface area (Å²) in [6, 6.07) is 4.45. The lowest BCUT2D eigenvalue weighted by atomic mass is 10.1. The zero-order valence-corrected chi connectivity index (χ0v) is 9.33. The summed E-state index contributed by atoms with van der Waals surface area (Å²) >= 11 is 0. The van der Waals surface area contributed by atoms with Crippen LogP contribution in [0.5, 0.6) is 0 Å². The Balaban J connectivity index is 2.97. The normalized spacial score (nSPS) is 10.0. The van der Waals surface area contributed by atoms with Crippen LogP contribution in [0.15, 0.2) is 18.2 Å². The van der Waals surface area contributed by atoms with Gasteiger partial charge in [-0.05, 0) is 6.07 Å². The molecule has 0 aliphatic carbocycles. The van der Waals surface area contributed by atoms with Crippen molar-refractivity contribution in [2.75, 3.05) is 25.5 Å². The molecular formula is C11H15FN2O2. The molecule has 5 heteroatoms. The van der Waals surface area contributed by atoms with Gasteiger partial charge in [-0.2, -0.15) is 0 Å². The number of aliphatic hydroxyl groups excluding tert-OH is 1. The first-order valence-electron chi connectivity index (χ1n) is 4.90. The highest BCUT2D eigenvalue weighted by Gasteiger charge is 2.14. The molecule has 4 nitrogen and oxygen atoms in total. The predicted molar refractivity (Wildman–Crippen MR) is 59.7 cm³/mol. The molecule has 0 heterocycles. The SMILES string of the molecule is CNC(=O)CN(C)c1c(F)cccc1CO. The van der Waals surface area contributed by atoms with Crippen molar-refractivity contribution in [3.63, 3.8) is 0 Å². The number of benzene rings is 1. The van der Waals surface area contributed by atoms with Gasteiger partial charge in [0.05, 0.1) is 18.8 Å². The molecule has 0 bridgehead atoms. The topological polar surface area (TPSA) is 52.6 Å². The number of nitrogens with one attached hydrogen (secondary N) is 1. The minimum atomic E-state index is -0.446. The highest BCUT2D eigenvalue weighted by atomic mass is 19.1. The Morgan fingerprint density at radius 1 is 1.56 bits per heavy atom. The summed E-state index contributed by atoms with van der Waals surface area (Å²) in [6.45, 7) is -0.213. The highest BCUT2D eigenvalue weighted by molar-refractivity contribution is 5.81. The van der Waals surface area contributed by atoms with E-state index in [1.807, 2.05) is 0 Å². The minimum Gasteiger partial charge on any atom is -0.392 e. The first-order chi connectivity index (χ1) is 7.60. The summed E-state index contributed by atoms with van der Waals surface area (Å²) in [5.41, 5.74) is 0.722. The Morgan fingerprint density at radius 2 is 2.25 bits per heavy atom. The van der Waals surface area contributed by atoms with E-state index >= 15 is 0 Å². The quantitative estimate of drug-likeness (QED) is 0.786. The second-order valence-corrected chi connectivity index (χ2v) is 3.43. The summed E-state index contributed by atoms with van der Waals surface area (Å²) in [6.07, 6.45) is 0. The fourth-order valence-corrected chi connectivity index (χ4v) is 1.49. The maximum absolute atomic E-state index is 13.6. The van der Waals surface area contributed by atoms with Gasteiger partial charge in [-0.15, -0.1) is 0 Å². The van der Waals surface area contributed by atoms with Crippen molar-refractivity contribution in [2.45, 2.75) is 6.61 Å². The molecule has 1 aromatic carbocycles. The Bertz CT molecular complexity index is 382. The lowest BCUT2D eigenvalue weighted by molar-refractivity contribution is -0.119. The zero-order valence-electron chi connectivity index (χ0n) is 9.33. The monoisotopic (exact) mass is 226 g/mol. The number of carbonyl (C=O) groups is 1. The van der Waals surface area contributed by atoms with E-state index in [1.54, 1.807) is 13.1 Å². The molecule has 0 atom stereocenters. The van der Waals surface area contributed by atoms with Crippen molar-refractivity contribution < 1.29 is 14.3 Å². The Hall–Kier alpha value is -1.62. The highest BCUT2D eigenvalue weighted by Crippen LogP contribution is 2.23. The van der Waals surface area contributed by atoms with Crippen LogP contribution in [0.2, 0.25) is 0 Å². The number of rotatable bonds is 4. The van der Waals surface area contributed by atoms with Gasteiger partial charge in [0.1, 0.15) is 5.82 Å². The van der Waals surface area contributed by atoms with Crippen LogP contribution < -0.4 is 10.2 Å². The molecule has 0 radical (unpaired) electrons. The number of aliphatic hydroxyl groups is 1. The van der Waals surface area contributed by atoms with Crippen LogP contribution >= 0.6 is 0 Å². The predicted octanol–water partition coefficient (Wildman–Crippen LogP) is 0.500. The van der Waals surface area contributed by atoms with Crippen LogP contribution in [-0.2, 0) is 11.4 Å². The van der Waals surface area contributed by atoms with Crippen LogP contribution in [0.3, 0.4) is 0 Å². The van der Waals surface area contributed by atoms with Gasteiger partial charge in [-0.1, -0.05) is 12.1 Å². The number of amides is 1. The van der Waals surface area contributed by atoms with Crippen LogP contribution in [0.4, 0.5) is 10.1 Å². The lowest BCUT2D eigenvalue weighted by Crippen LogP contribution is -2.33. The molecule has 2 N–H and O–H groups in total. The van der Waals surface area contributed by atoms with Gasteiger partial charge in [0.25, 0.3) is 0 Å². The van der Waals surface area contributed by atoms with Crippen molar-refractivity contribution >= 4 is 11.6 Å². The Kier molecular flexibility index (Phi) is 4.25. The molecule has 88 valence electrons. The summed E-state index contributed by atoms with van der Waals surface area (Å²) in [5.74, 6) is -0.660. The van der Waals surface area contributed by atoms with Crippen molar-refractivity contribution in [1.82, 2.24) is 5.32 Å². The van der Waals surface area contributed by atoms with E-state index in [2.05, 4.69) is 5.32 Å². The van der Waals surface area contributed by atoms with Gasteiger partial charge in [0.15, 0.2) is 0 Å². The maximum atomic E-state index is 13.6. The van der Waals surface area contributed by atoms with Gasteiger partial charge >= 0.3 is 0 Å². The largest absolute Gasteiger partial charge is 0.392 e. The average molecular weight is 226 g/mol. The molecule has 16 heavy (non-hydrogen) atoms. The van der Waals surface area contributed by atoms with Crippen LogP contribution in [0.25, 0.3) is 0 Å². The maximum Gasteiger partial charge on any atom is 0.239 e. The van der Waals surface area contributed by atoms with Crippen molar-refractivity contribution in [1.29, 1.82) is 0 Å². The first kappa shape index (κ1) is 12.4. The van der Waals surface area contributed by atoms with Crippen molar-refractivity contribution in [3.8, 4) is 0 Å². The number of likely N-dealkylation sites (N-methyl/N-ethyl adjacent to an activating group) is 2. The van der Waals surface area contributed by atoms with E-state index in [0.717, 1.165) is 0 Å². The lowest BCUT2D eigenvalue weighted by Gasteiger charge is -2.21. The Labute approximate surface area is 93.7 Å². The molecule has 0 saturated carbocycles. The molecular weight excluding hydrogens is 211 g/mol. The standard InChI is InChI=1S/C11H15FN2O2/c1-13-10(16)6-14(2)11-8(7-15)4-3-5-9(11)12/h3-5,15H,6-7H2,1-2H3,(H,13,16). The van der Waals surface area contributed by atoms with Gasteiger partial charge in [-0.3, -0.25) is 4.79 Å². The fourth-order valence-electron chi connectivity index (χ4n) is 1.49. The second-order valence-electron chi connectivity index (χ2n) is 3.43. The molecule has 1 amide bonds. The summed E-state index contributed by atoms with van der Waals surface area (Å²) in [5, 5.41) is 11.5. The number of halogens is 1. The second kappa shape index (κ2) is 5.46. The molecule has 0 fully saturated rings. The summed E-state index contributed by atoms with van der Waals surface area (Å²) in [7, 11) is 3.12. The number of para-hydroxylation sites is 1. The third kappa shape index (κ3) is 2.70. The first-order valence-corrected chi connectivity index (χ1v) is 4.90. The van der Waals surface area contributed by atoms with E-state index in [0.29, 0.717) is 5.56 Å². The molecule has 0 spiro atoms. The van der Waals surface area contributed by atoms with E-state index in [4.69, 9.17) is 5.11 Å². The van der Waals surface area contributed by atoms with E-state index < -0.39 is 5.82 Å². The third-order valence-corrected chi connectivity index (χ3v) is 2.28. The number of anilines is 1. The van der Waals surface area contributed by atoms with Crippen molar-refractivity contribution in [2.24, 2.45) is 0 Å². The number of hydrogen-bond donors (Lipinski definition) is 2. The molecule has 0 aliphatic heterocycles. The molecule has 1 aromatic rings. The average Bonchev–Trinajstić information content (AvgIpc) is 2.28. The number of carbonyl (C=O) groups excluding carboxylic acids is 1. The van der Waals surface area contributed by atoms with Gasteiger partial charge in [-0.25, -0.2) is 4.39 Å². The Morgan fingerprint density at radius 3 is 2.81 bits per heavy atom. The molecule has 0 unspecified atom stereocenters. The summed E-state index contributed by atoms with van der Waals surface area (Å²) < 4.78 is 13.6. The molecule has 1 rings (SSSR count). The fraction of sp³-hybridized carbons (Fsp3) is 0.364. The van der Waals surface area contributed by atoms with E-state index in [9.17, 15) is 9.18 Å². The smallest absolute Gasteiger partial charge is 0.239 e. The third-order valence-electron chi connectivity index (χ3n) is 2.28. The molecule has 0 aromatic heterocycles. The number of hydrogen-bond acceptors (Lipinski definition) is 3. The van der Waals surface area contributed by atoms with Crippen LogP contribution in [0.1, 0.15) is 5.56 Å².